The molecule has 2 N–H and O–H groups in total. The molecule has 0 bridgehead atoms. The predicted molar refractivity (Wildman–Crippen MR) is 86.6 cm³/mol. The van der Waals surface area contributed by atoms with Crippen molar-refractivity contribution >= 4 is 23.3 Å². The topological polar surface area (TPSA) is 84.2 Å². The zero-order chi connectivity index (χ0) is 15.8. The summed E-state index contributed by atoms with van der Waals surface area (Å²) in [4.78, 5) is 20.5. The van der Waals surface area contributed by atoms with Crippen molar-refractivity contribution in [1.29, 1.82) is 0 Å². The molecule has 0 aliphatic heterocycles. The average molecular weight is 308 g/mol. The van der Waals surface area contributed by atoms with Crippen molar-refractivity contribution in [3.05, 3.63) is 47.8 Å². The minimum absolute atomic E-state index is 0.276. The highest BCUT2D eigenvalue weighted by atomic mass is 16.1. The van der Waals surface area contributed by atoms with Gasteiger partial charge in [-0.05, 0) is 49.6 Å². The molecule has 1 aliphatic rings. The van der Waals surface area contributed by atoms with E-state index in [0.717, 1.165) is 11.4 Å². The number of aromatic nitrogens is 4. The van der Waals surface area contributed by atoms with Gasteiger partial charge in [-0.3, -0.25) is 15.1 Å². The van der Waals surface area contributed by atoms with Crippen LogP contribution in [0.2, 0.25) is 0 Å². The molecule has 1 amide bonds. The van der Waals surface area contributed by atoms with Gasteiger partial charge in [-0.1, -0.05) is 0 Å². The lowest BCUT2D eigenvalue weighted by molar-refractivity contribution is 0.102. The molecule has 23 heavy (non-hydrogen) atoms. The summed E-state index contributed by atoms with van der Waals surface area (Å²) in [6.07, 6.45) is 5.48. The van der Waals surface area contributed by atoms with Crippen molar-refractivity contribution < 1.29 is 4.79 Å². The molecule has 0 aromatic carbocycles. The van der Waals surface area contributed by atoms with E-state index in [1.54, 1.807) is 22.8 Å². The normalized spacial score (nSPS) is 14.0. The van der Waals surface area contributed by atoms with E-state index in [1.807, 2.05) is 19.1 Å². The minimum atomic E-state index is -0.276. The third kappa shape index (κ3) is 2.85. The van der Waals surface area contributed by atoms with Gasteiger partial charge in [-0.25, -0.2) is 0 Å². The van der Waals surface area contributed by atoms with E-state index in [9.17, 15) is 4.79 Å². The zero-order valence-electron chi connectivity index (χ0n) is 12.7. The highest BCUT2D eigenvalue weighted by Gasteiger charge is 2.22. The number of hydrogen-bond donors (Lipinski definition) is 2. The monoisotopic (exact) mass is 308 g/mol. The highest BCUT2D eigenvalue weighted by molar-refractivity contribution is 6.03. The number of rotatable bonds is 4. The molecule has 0 spiro atoms. The van der Waals surface area contributed by atoms with Gasteiger partial charge in [0, 0.05) is 18.4 Å². The smallest absolute Gasteiger partial charge is 0.259 e. The van der Waals surface area contributed by atoms with E-state index in [1.165, 1.54) is 19.0 Å². The molecule has 116 valence electrons. The third-order valence-electron chi connectivity index (χ3n) is 3.66. The summed E-state index contributed by atoms with van der Waals surface area (Å²) in [5.41, 5.74) is 2.27. The number of anilines is 2. The van der Waals surface area contributed by atoms with Crippen LogP contribution in [0, 0.1) is 6.92 Å². The SMILES string of the molecule is Cc1cc(NC2CC2)n2nc(NC(=O)c3cccnc3)nc2c1. The zero-order valence-corrected chi connectivity index (χ0v) is 12.7. The maximum absolute atomic E-state index is 12.2. The van der Waals surface area contributed by atoms with Crippen LogP contribution < -0.4 is 10.6 Å². The number of aryl methyl sites for hydroxylation is 1. The van der Waals surface area contributed by atoms with Crippen LogP contribution in [0.25, 0.3) is 5.65 Å². The van der Waals surface area contributed by atoms with Crippen LogP contribution in [-0.2, 0) is 0 Å². The molecular weight excluding hydrogens is 292 g/mol. The van der Waals surface area contributed by atoms with Gasteiger partial charge in [0.1, 0.15) is 5.82 Å². The average Bonchev–Trinajstić information content (AvgIpc) is 3.26. The molecule has 4 rings (SSSR count). The summed E-state index contributed by atoms with van der Waals surface area (Å²) in [7, 11) is 0. The molecule has 0 saturated heterocycles. The Morgan fingerprint density at radius 2 is 2.22 bits per heavy atom. The molecule has 1 fully saturated rings. The number of carbonyl (C=O) groups excluding carboxylic acids is 1. The Hall–Kier alpha value is -2.96. The van der Waals surface area contributed by atoms with Crippen molar-refractivity contribution in [2.45, 2.75) is 25.8 Å². The van der Waals surface area contributed by atoms with Gasteiger partial charge in [0.2, 0.25) is 5.95 Å². The minimum Gasteiger partial charge on any atom is -0.367 e. The fourth-order valence-corrected chi connectivity index (χ4v) is 2.38. The molecule has 3 aromatic rings. The summed E-state index contributed by atoms with van der Waals surface area (Å²) in [5.74, 6) is 0.905. The first-order valence-corrected chi connectivity index (χ1v) is 7.54. The van der Waals surface area contributed by atoms with Gasteiger partial charge in [0.25, 0.3) is 5.91 Å². The van der Waals surface area contributed by atoms with Crippen molar-refractivity contribution in [2.24, 2.45) is 0 Å². The van der Waals surface area contributed by atoms with Crippen LogP contribution in [0.3, 0.4) is 0 Å². The predicted octanol–water partition coefficient (Wildman–Crippen LogP) is 2.26. The van der Waals surface area contributed by atoms with Gasteiger partial charge >= 0.3 is 0 Å². The van der Waals surface area contributed by atoms with Crippen LogP contribution in [0.4, 0.5) is 11.8 Å². The van der Waals surface area contributed by atoms with Gasteiger partial charge < -0.3 is 5.32 Å². The van der Waals surface area contributed by atoms with Crippen molar-refractivity contribution in [1.82, 2.24) is 19.6 Å². The second-order valence-corrected chi connectivity index (χ2v) is 5.74. The van der Waals surface area contributed by atoms with Gasteiger partial charge in [0.15, 0.2) is 5.65 Å². The van der Waals surface area contributed by atoms with Crippen LogP contribution in [-0.4, -0.2) is 31.5 Å². The molecule has 1 aliphatic carbocycles. The maximum atomic E-state index is 12.2. The largest absolute Gasteiger partial charge is 0.367 e. The summed E-state index contributed by atoms with van der Waals surface area (Å²) in [6, 6.07) is 7.89. The lowest BCUT2D eigenvalue weighted by atomic mass is 10.3. The van der Waals surface area contributed by atoms with Gasteiger partial charge in [-0.2, -0.15) is 9.50 Å². The number of pyridine rings is 2. The number of hydrogen-bond acceptors (Lipinski definition) is 5. The Kier molecular flexibility index (Phi) is 3.18. The number of nitrogens with zero attached hydrogens (tertiary/aromatic N) is 4. The summed E-state index contributed by atoms with van der Waals surface area (Å²) >= 11 is 0. The molecule has 7 heteroatoms. The van der Waals surface area contributed by atoms with E-state index in [-0.39, 0.29) is 11.9 Å². The Morgan fingerprint density at radius 3 is 2.96 bits per heavy atom. The van der Waals surface area contributed by atoms with Crippen LogP contribution in [0.15, 0.2) is 36.7 Å². The van der Waals surface area contributed by atoms with E-state index in [2.05, 4.69) is 25.7 Å². The van der Waals surface area contributed by atoms with Crippen LogP contribution in [0.5, 0.6) is 0 Å². The van der Waals surface area contributed by atoms with Crippen molar-refractivity contribution in [3.8, 4) is 0 Å². The van der Waals surface area contributed by atoms with E-state index < -0.39 is 0 Å². The summed E-state index contributed by atoms with van der Waals surface area (Å²) in [6.45, 7) is 2.01. The standard InChI is InChI=1S/C16H16N6O/c1-10-7-13(18-12-4-5-12)22-14(8-10)19-16(21-22)20-15(23)11-3-2-6-17-9-11/h2-3,6-9,12,18H,4-5H2,1H3,(H,20,21,23). The first-order valence-electron chi connectivity index (χ1n) is 7.54. The summed E-state index contributed by atoms with van der Waals surface area (Å²) < 4.78 is 1.73. The Morgan fingerprint density at radius 1 is 1.35 bits per heavy atom. The molecule has 7 nitrogen and oxygen atoms in total. The first-order chi connectivity index (χ1) is 11.2. The quantitative estimate of drug-likeness (QED) is 0.772. The third-order valence-corrected chi connectivity index (χ3v) is 3.66. The van der Waals surface area contributed by atoms with Crippen molar-refractivity contribution in [3.63, 3.8) is 0 Å². The second kappa shape index (κ2) is 5.35. The highest BCUT2D eigenvalue weighted by Crippen LogP contribution is 2.26. The van der Waals surface area contributed by atoms with E-state index in [0.29, 0.717) is 17.3 Å². The Balaban J connectivity index is 1.64. The van der Waals surface area contributed by atoms with Gasteiger partial charge in [0.05, 0.1) is 5.56 Å². The van der Waals surface area contributed by atoms with E-state index in [4.69, 9.17) is 0 Å². The maximum Gasteiger partial charge on any atom is 0.259 e. The Bertz CT molecular complexity index is 869. The van der Waals surface area contributed by atoms with Gasteiger partial charge in [-0.15, -0.1) is 5.10 Å². The summed E-state index contributed by atoms with van der Waals surface area (Å²) in [5, 5.41) is 10.5. The number of nitrogens with one attached hydrogen (secondary N) is 2. The number of carbonyl (C=O) groups is 1. The molecule has 0 radical (unpaired) electrons. The molecular formula is C16H16N6O. The van der Waals surface area contributed by atoms with Crippen molar-refractivity contribution in [2.75, 3.05) is 10.6 Å². The number of fused-ring (bicyclic) bond motifs is 1. The van der Waals surface area contributed by atoms with Crippen LogP contribution >= 0.6 is 0 Å². The Labute approximate surface area is 132 Å². The van der Waals surface area contributed by atoms with E-state index >= 15 is 0 Å². The van der Waals surface area contributed by atoms with Crippen LogP contribution in [0.1, 0.15) is 28.8 Å². The second-order valence-electron chi connectivity index (χ2n) is 5.74. The lowest BCUT2D eigenvalue weighted by Crippen LogP contribution is -2.13. The molecule has 0 atom stereocenters. The molecule has 3 aromatic heterocycles. The molecule has 1 saturated carbocycles. The fourth-order valence-electron chi connectivity index (χ4n) is 2.38. The lowest BCUT2D eigenvalue weighted by Gasteiger charge is -2.07. The number of amides is 1. The first kappa shape index (κ1) is 13.7. The molecule has 0 unspecified atom stereocenters. The molecule has 3 heterocycles. The fraction of sp³-hybridized carbons (Fsp3) is 0.250.